The maximum atomic E-state index is 4.52. The van der Waals surface area contributed by atoms with Gasteiger partial charge in [-0.1, -0.05) is 42.5 Å². The SMILES string of the molecule is C[n+]1[n-]c(=Nc2ccccc2)n2ccccc21. The van der Waals surface area contributed by atoms with E-state index in [1.165, 1.54) is 0 Å². The predicted molar refractivity (Wildman–Crippen MR) is 63.6 cm³/mol. The quantitative estimate of drug-likeness (QED) is 0.567. The first-order chi connectivity index (χ1) is 8.34. The lowest BCUT2D eigenvalue weighted by atomic mass is 10.3. The minimum Gasteiger partial charge on any atom is -0.356 e. The minimum atomic E-state index is 0.689. The highest BCUT2D eigenvalue weighted by molar-refractivity contribution is 5.36. The average Bonchev–Trinajstić information content (AvgIpc) is 2.69. The smallest absolute Gasteiger partial charge is 0.155 e. The molecule has 0 aliphatic rings. The molecular weight excluding hydrogens is 212 g/mol. The van der Waals surface area contributed by atoms with Crippen molar-refractivity contribution >= 4 is 11.3 Å². The Bertz CT molecular complexity index is 707. The number of hydrogen-bond acceptors (Lipinski definition) is 1. The molecule has 4 heteroatoms. The van der Waals surface area contributed by atoms with Crippen LogP contribution >= 0.6 is 0 Å². The molecule has 84 valence electrons. The molecule has 0 saturated heterocycles. The van der Waals surface area contributed by atoms with Crippen LogP contribution in [0.1, 0.15) is 0 Å². The van der Waals surface area contributed by atoms with E-state index in [9.17, 15) is 0 Å². The van der Waals surface area contributed by atoms with Crippen LogP contribution in [0, 0.1) is 0 Å². The molecule has 0 aliphatic carbocycles. The number of benzene rings is 1. The van der Waals surface area contributed by atoms with Crippen LogP contribution < -0.4 is 15.4 Å². The van der Waals surface area contributed by atoms with Gasteiger partial charge in [-0.25, -0.2) is 9.78 Å². The molecule has 0 amide bonds. The van der Waals surface area contributed by atoms with E-state index < -0.39 is 0 Å². The van der Waals surface area contributed by atoms with Crippen molar-refractivity contribution in [3.63, 3.8) is 0 Å². The van der Waals surface area contributed by atoms with E-state index in [-0.39, 0.29) is 0 Å². The molecule has 0 spiro atoms. The highest BCUT2D eigenvalue weighted by atomic mass is 15.4. The Labute approximate surface area is 98.5 Å². The number of fused-ring (bicyclic) bond motifs is 1. The molecular formula is C13H12N4. The molecule has 0 saturated carbocycles. The van der Waals surface area contributed by atoms with Crippen LogP contribution in [0.25, 0.3) is 5.65 Å². The number of nitrogens with zero attached hydrogens (tertiary/aromatic N) is 4. The monoisotopic (exact) mass is 224 g/mol. The molecule has 0 radical (unpaired) electrons. The van der Waals surface area contributed by atoms with Gasteiger partial charge in [0.2, 0.25) is 0 Å². The molecule has 0 unspecified atom stereocenters. The summed E-state index contributed by atoms with van der Waals surface area (Å²) in [5.41, 5.74) is 2.61. The topological polar surface area (TPSA) is 34.8 Å². The second kappa shape index (κ2) is 3.90. The van der Waals surface area contributed by atoms with Gasteiger partial charge in [-0.15, -0.1) is 0 Å². The summed E-state index contributed by atoms with van der Waals surface area (Å²) in [5.74, 6) is 0. The summed E-state index contributed by atoms with van der Waals surface area (Å²) in [4.78, 5) is 4.52. The maximum absolute atomic E-state index is 4.52. The lowest BCUT2D eigenvalue weighted by Gasteiger charge is -1.98. The van der Waals surface area contributed by atoms with Gasteiger partial charge in [0.05, 0.1) is 12.7 Å². The third-order valence-electron chi connectivity index (χ3n) is 2.61. The van der Waals surface area contributed by atoms with Gasteiger partial charge in [0.25, 0.3) is 0 Å². The summed E-state index contributed by atoms with van der Waals surface area (Å²) < 4.78 is 3.79. The van der Waals surface area contributed by atoms with Gasteiger partial charge >= 0.3 is 0 Å². The lowest BCUT2D eigenvalue weighted by Crippen LogP contribution is -2.35. The minimum absolute atomic E-state index is 0.689. The van der Waals surface area contributed by atoms with Crippen molar-refractivity contribution in [3.05, 3.63) is 60.3 Å². The Morgan fingerprint density at radius 3 is 2.65 bits per heavy atom. The summed E-state index contributed by atoms with van der Waals surface area (Å²) in [5, 5.41) is 4.40. The van der Waals surface area contributed by atoms with E-state index in [0.29, 0.717) is 5.62 Å². The largest absolute Gasteiger partial charge is 0.356 e. The average molecular weight is 224 g/mol. The molecule has 1 aromatic carbocycles. The van der Waals surface area contributed by atoms with Crippen molar-refractivity contribution in [2.45, 2.75) is 0 Å². The van der Waals surface area contributed by atoms with E-state index >= 15 is 0 Å². The zero-order valence-corrected chi connectivity index (χ0v) is 9.49. The molecule has 0 aliphatic heterocycles. The number of pyridine rings is 1. The third-order valence-corrected chi connectivity index (χ3v) is 2.61. The van der Waals surface area contributed by atoms with E-state index in [2.05, 4.69) is 10.1 Å². The van der Waals surface area contributed by atoms with Crippen LogP contribution in [0.3, 0.4) is 0 Å². The van der Waals surface area contributed by atoms with Crippen LogP contribution in [0.2, 0.25) is 0 Å². The molecule has 0 bridgehead atoms. The van der Waals surface area contributed by atoms with Gasteiger partial charge in [0.1, 0.15) is 0 Å². The lowest BCUT2D eigenvalue weighted by molar-refractivity contribution is -0.710. The fourth-order valence-electron chi connectivity index (χ4n) is 1.79. The summed E-state index contributed by atoms with van der Waals surface area (Å²) >= 11 is 0. The van der Waals surface area contributed by atoms with Gasteiger partial charge in [0.15, 0.2) is 5.65 Å². The molecule has 0 N–H and O–H groups in total. The van der Waals surface area contributed by atoms with Crippen molar-refractivity contribution in [1.82, 2.24) is 9.50 Å². The Hall–Kier alpha value is -2.36. The summed E-state index contributed by atoms with van der Waals surface area (Å²) in [6.45, 7) is 0. The fraction of sp³-hybridized carbons (Fsp3) is 0.0769. The van der Waals surface area contributed by atoms with Crippen LogP contribution in [-0.4, -0.2) is 4.40 Å². The fourth-order valence-corrected chi connectivity index (χ4v) is 1.79. The number of para-hydroxylation sites is 1. The molecule has 17 heavy (non-hydrogen) atoms. The molecule has 4 nitrogen and oxygen atoms in total. The summed E-state index contributed by atoms with van der Waals surface area (Å²) in [6.07, 6.45) is 1.96. The van der Waals surface area contributed by atoms with Gasteiger partial charge < -0.3 is 9.39 Å². The van der Waals surface area contributed by atoms with Crippen molar-refractivity contribution in [3.8, 4) is 0 Å². The molecule has 0 fully saturated rings. The second-order valence-electron chi connectivity index (χ2n) is 3.80. The van der Waals surface area contributed by atoms with Crippen LogP contribution in [0.5, 0.6) is 0 Å². The zero-order valence-electron chi connectivity index (χ0n) is 9.49. The Morgan fingerprint density at radius 1 is 1.06 bits per heavy atom. The summed E-state index contributed by atoms with van der Waals surface area (Å²) in [6, 6.07) is 15.8. The van der Waals surface area contributed by atoms with E-state index in [1.54, 1.807) is 0 Å². The number of hydrogen-bond donors (Lipinski definition) is 0. The molecule has 3 rings (SSSR count). The van der Waals surface area contributed by atoms with Gasteiger partial charge in [-0.05, 0) is 18.0 Å². The number of aryl methyl sites for hydroxylation is 1. The Kier molecular flexibility index (Phi) is 2.26. The number of rotatable bonds is 1. The van der Waals surface area contributed by atoms with Gasteiger partial charge in [0, 0.05) is 0 Å². The first-order valence-electron chi connectivity index (χ1n) is 5.45. The Balaban J connectivity index is 2.28. The van der Waals surface area contributed by atoms with E-state index in [1.807, 2.05) is 70.9 Å². The van der Waals surface area contributed by atoms with Crippen molar-refractivity contribution in [2.75, 3.05) is 0 Å². The van der Waals surface area contributed by atoms with Gasteiger partial charge in [-0.3, -0.25) is 0 Å². The van der Waals surface area contributed by atoms with Gasteiger partial charge in [-0.2, -0.15) is 0 Å². The molecule has 0 atom stereocenters. The predicted octanol–water partition coefficient (Wildman–Crippen LogP) is 0.953. The highest BCUT2D eigenvalue weighted by Crippen LogP contribution is 2.07. The van der Waals surface area contributed by atoms with Crippen molar-refractivity contribution in [1.29, 1.82) is 0 Å². The normalized spacial score (nSPS) is 12.2. The standard InChI is InChI=1S/C13H12N4/c1-16-12-9-5-6-10-17(12)13(15-16)14-11-7-3-2-4-8-11/h2-10H,1H3. The van der Waals surface area contributed by atoms with Crippen LogP contribution in [0.15, 0.2) is 59.7 Å². The first kappa shape index (κ1) is 9.84. The Morgan fingerprint density at radius 2 is 1.82 bits per heavy atom. The van der Waals surface area contributed by atoms with Crippen molar-refractivity contribution in [2.24, 2.45) is 12.0 Å². The third kappa shape index (κ3) is 1.73. The van der Waals surface area contributed by atoms with E-state index in [0.717, 1.165) is 11.3 Å². The molecule has 2 aromatic heterocycles. The van der Waals surface area contributed by atoms with Crippen LogP contribution in [0.4, 0.5) is 5.69 Å². The summed E-state index contributed by atoms with van der Waals surface area (Å²) in [7, 11) is 1.92. The molecule has 2 heterocycles. The van der Waals surface area contributed by atoms with Crippen molar-refractivity contribution < 1.29 is 4.68 Å². The van der Waals surface area contributed by atoms with E-state index in [4.69, 9.17) is 0 Å². The van der Waals surface area contributed by atoms with Crippen LogP contribution in [-0.2, 0) is 7.05 Å². The maximum Gasteiger partial charge on any atom is 0.155 e. The highest BCUT2D eigenvalue weighted by Gasteiger charge is 1.95. The number of aromatic nitrogens is 3. The molecule has 3 aromatic rings. The first-order valence-corrected chi connectivity index (χ1v) is 5.45. The second-order valence-corrected chi connectivity index (χ2v) is 3.80. The zero-order chi connectivity index (χ0) is 11.7.